The van der Waals surface area contributed by atoms with Gasteiger partial charge >= 0.3 is 0 Å². The van der Waals surface area contributed by atoms with Crippen LogP contribution in [0.3, 0.4) is 0 Å². The highest BCUT2D eigenvalue weighted by atomic mass is 16.5. The summed E-state index contributed by atoms with van der Waals surface area (Å²) in [4.78, 5) is 14.5. The van der Waals surface area contributed by atoms with E-state index in [-0.39, 0.29) is 12.0 Å². The summed E-state index contributed by atoms with van der Waals surface area (Å²) in [6.07, 6.45) is 7.31. The van der Waals surface area contributed by atoms with E-state index in [4.69, 9.17) is 9.47 Å². The number of aromatic nitrogens is 3. The highest BCUT2D eigenvalue weighted by Crippen LogP contribution is 2.13. The van der Waals surface area contributed by atoms with Crippen LogP contribution in [0.4, 0.5) is 0 Å². The third kappa shape index (κ3) is 6.05. The zero-order chi connectivity index (χ0) is 17.3. The minimum Gasteiger partial charge on any atom is -0.379 e. The summed E-state index contributed by atoms with van der Waals surface area (Å²) in [6, 6.07) is 0. The van der Waals surface area contributed by atoms with Gasteiger partial charge in [-0.15, -0.1) is 5.10 Å². The Morgan fingerprint density at radius 2 is 2.12 bits per heavy atom. The molecule has 2 fully saturated rings. The lowest BCUT2D eigenvalue weighted by molar-refractivity contribution is 0.0371. The highest BCUT2D eigenvalue weighted by Gasteiger charge is 2.18. The lowest BCUT2D eigenvalue weighted by Gasteiger charge is -2.26. The van der Waals surface area contributed by atoms with Crippen LogP contribution >= 0.6 is 0 Å². The fourth-order valence-electron chi connectivity index (χ4n) is 3.24. The molecule has 140 valence electrons. The van der Waals surface area contributed by atoms with E-state index >= 15 is 0 Å². The number of hydrogen-bond acceptors (Lipinski definition) is 6. The van der Waals surface area contributed by atoms with Crippen molar-refractivity contribution in [3.8, 4) is 0 Å². The van der Waals surface area contributed by atoms with Crippen LogP contribution in [0.1, 0.15) is 42.6 Å². The minimum atomic E-state index is -0.147. The SMILES string of the molecule is O=C(NCCCCCN1CCOCC1)c1cn(C[C@@H]2CCCO2)nn1. The van der Waals surface area contributed by atoms with Crippen molar-refractivity contribution in [3.05, 3.63) is 11.9 Å². The monoisotopic (exact) mass is 351 g/mol. The molecule has 1 atom stereocenters. The topological polar surface area (TPSA) is 81.5 Å². The number of morpholine rings is 1. The van der Waals surface area contributed by atoms with Crippen LogP contribution in [0, 0.1) is 0 Å². The molecule has 2 saturated heterocycles. The van der Waals surface area contributed by atoms with Crippen LogP contribution in [0.25, 0.3) is 0 Å². The number of amides is 1. The number of hydrogen-bond donors (Lipinski definition) is 1. The molecule has 25 heavy (non-hydrogen) atoms. The molecule has 1 amide bonds. The smallest absolute Gasteiger partial charge is 0.273 e. The maximum absolute atomic E-state index is 12.1. The summed E-state index contributed by atoms with van der Waals surface area (Å²) >= 11 is 0. The minimum absolute atomic E-state index is 0.147. The van der Waals surface area contributed by atoms with Gasteiger partial charge in [-0.25, -0.2) is 4.68 Å². The molecule has 2 aliphatic rings. The van der Waals surface area contributed by atoms with Crippen LogP contribution in [0.2, 0.25) is 0 Å². The molecule has 0 spiro atoms. The van der Waals surface area contributed by atoms with E-state index in [1.807, 2.05) is 0 Å². The first-order valence-electron chi connectivity index (χ1n) is 9.41. The van der Waals surface area contributed by atoms with Crippen molar-refractivity contribution >= 4 is 5.91 Å². The maximum atomic E-state index is 12.1. The second-order valence-corrected chi connectivity index (χ2v) is 6.73. The molecule has 0 saturated carbocycles. The van der Waals surface area contributed by atoms with Crippen LogP contribution < -0.4 is 5.32 Å². The molecule has 1 aromatic heterocycles. The number of rotatable bonds is 9. The lowest BCUT2D eigenvalue weighted by atomic mass is 10.2. The van der Waals surface area contributed by atoms with Crippen molar-refractivity contribution < 1.29 is 14.3 Å². The lowest BCUT2D eigenvalue weighted by Crippen LogP contribution is -2.36. The number of carbonyl (C=O) groups excluding carboxylic acids is 1. The average Bonchev–Trinajstić information content (AvgIpc) is 3.31. The fraction of sp³-hybridized carbons (Fsp3) is 0.824. The van der Waals surface area contributed by atoms with Gasteiger partial charge in [-0.1, -0.05) is 11.6 Å². The van der Waals surface area contributed by atoms with Gasteiger partial charge in [0.05, 0.1) is 32.1 Å². The van der Waals surface area contributed by atoms with E-state index in [0.29, 0.717) is 18.8 Å². The van der Waals surface area contributed by atoms with Gasteiger partial charge < -0.3 is 14.8 Å². The Kier molecular flexibility index (Phi) is 7.20. The molecule has 0 radical (unpaired) electrons. The Morgan fingerprint density at radius 3 is 2.92 bits per heavy atom. The average molecular weight is 351 g/mol. The quantitative estimate of drug-likeness (QED) is 0.659. The second-order valence-electron chi connectivity index (χ2n) is 6.73. The highest BCUT2D eigenvalue weighted by molar-refractivity contribution is 5.91. The zero-order valence-corrected chi connectivity index (χ0v) is 14.9. The Labute approximate surface area is 148 Å². The molecule has 1 aromatic rings. The Morgan fingerprint density at radius 1 is 1.24 bits per heavy atom. The van der Waals surface area contributed by atoms with Gasteiger partial charge in [0.1, 0.15) is 0 Å². The van der Waals surface area contributed by atoms with Crippen molar-refractivity contribution in [1.82, 2.24) is 25.2 Å². The predicted molar refractivity (Wildman–Crippen MR) is 92.4 cm³/mol. The van der Waals surface area contributed by atoms with Crippen molar-refractivity contribution in [2.75, 3.05) is 46.0 Å². The molecular formula is C17H29N5O3. The first-order valence-corrected chi connectivity index (χ1v) is 9.41. The summed E-state index contributed by atoms with van der Waals surface area (Å²) in [5.41, 5.74) is 0.381. The van der Waals surface area contributed by atoms with Crippen molar-refractivity contribution in [1.29, 1.82) is 0 Å². The van der Waals surface area contributed by atoms with Crippen LogP contribution in [-0.2, 0) is 16.0 Å². The zero-order valence-electron chi connectivity index (χ0n) is 14.9. The summed E-state index contributed by atoms with van der Waals surface area (Å²) in [5, 5.41) is 10.9. The van der Waals surface area contributed by atoms with Crippen LogP contribution in [-0.4, -0.2) is 77.9 Å². The van der Waals surface area contributed by atoms with Gasteiger partial charge in [-0.2, -0.15) is 0 Å². The Hall–Kier alpha value is -1.51. The summed E-state index contributed by atoms with van der Waals surface area (Å²) in [6.45, 7) is 7.07. The number of unbranched alkanes of at least 4 members (excludes halogenated alkanes) is 2. The van der Waals surface area contributed by atoms with E-state index in [9.17, 15) is 4.79 Å². The molecule has 3 rings (SSSR count). The molecule has 0 aliphatic carbocycles. The molecule has 8 nitrogen and oxygen atoms in total. The largest absolute Gasteiger partial charge is 0.379 e. The van der Waals surface area contributed by atoms with E-state index in [1.54, 1.807) is 10.9 Å². The van der Waals surface area contributed by atoms with Gasteiger partial charge in [0.15, 0.2) is 5.69 Å². The molecule has 3 heterocycles. The van der Waals surface area contributed by atoms with Gasteiger partial charge in [-0.3, -0.25) is 9.69 Å². The van der Waals surface area contributed by atoms with Crippen molar-refractivity contribution in [2.24, 2.45) is 0 Å². The number of nitrogens with one attached hydrogen (secondary N) is 1. The summed E-state index contributed by atoms with van der Waals surface area (Å²) in [5.74, 6) is -0.147. The first kappa shape index (κ1) is 18.3. The molecule has 8 heteroatoms. The molecule has 0 aromatic carbocycles. The second kappa shape index (κ2) is 9.84. The van der Waals surface area contributed by atoms with Gasteiger partial charge in [0, 0.05) is 26.2 Å². The number of nitrogens with zero attached hydrogens (tertiary/aromatic N) is 4. The van der Waals surface area contributed by atoms with E-state index in [0.717, 1.165) is 71.6 Å². The molecular weight excluding hydrogens is 322 g/mol. The third-order valence-corrected chi connectivity index (χ3v) is 4.73. The maximum Gasteiger partial charge on any atom is 0.273 e. The molecule has 0 bridgehead atoms. The van der Waals surface area contributed by atoms with E-state index < -0.39 is 0 Å². The first-order chi connectivity index (χ1) is 12.3. The Balaban J connectivity index is 1.26. The number of ether oxygens (including phenoxy) is 2. The van der Waals surface area contributed by atoms with Crippen molar-refractivity contribution in [2.45, 2.75) is 44.8 Å². The standard InChI is InChI=1S/C17H29N5O3/c23-17(16-14-22(20-19-16)13-15-5-4-10-25-15)18-6-2-1-3-7-21-8-11-24-12-9-21/h14-15H,1-13H2,(H,18,23)/t15-/m0/s1. The summed E-state index contributed by atoms with van der Waals surface area (Å²) in [7, 11) is 0. The molecule has 1 N–H and O–H groups in total. The van der Waals surface area contributed by atoms with Crippen LogP contribution in [0.15, 0.2) is 6.20 Å². The normalized spacial score (nSPS) is 21.5. The predicted octanol–water partition coefficient (Wildman–Crippen LogP) is 0.689. The number of carbonyl (C=O) groups is 1. The van der Waals surface area contributed by atoms with E-state index in [2.05, 4.69) is 20.5 Å². The van der Waals surface area contributed by atoms with Gasteiger partial charge in [0.2, 0.25) is 0 Å². The van der Waals surface area contributed by atoms with E-state index in [1.165, 1.54) is 0 Å². The molecule has 2 aliphatic heterocycles. The van der Waals surface area contributed by atoms with Gasteiger partial charge in [-0.05, 0) is 32.2 Å². The fourth-order valence-corrected chi connectivity index (χ4v) is 3.24. The van der Waals surface area contributed by atoms with Crippen LogP contribution in [0.5, 0.6) is 0 Å². The Bertz CT molecular complexity index is 524. The third-order valence-electron chi connectivity index (χ3n) is 4.73. The van der Waals surface area contributed by atoms with Crippen molar-refractivity contribution in [3.63, 3.8) is 0 Å². The summed E-state index contributed by atoms with van der Waals surface area (Å²) < 4.78 is 12.6. The molecule has 0 unspecified atom stereocenters. The van der Waals surface area contributed by atoms with Gasteiger partial charge in [0.25, 0.3) is 5.91 Å².